The summed E-state index contributed by atoms with van der Waals surface area (Å²) in [6.07, 6.45) is 12.0. The van der Waals surface area contributed by atoms with Crippen LogP contribution in [0.15, 0.2) is 54.6 Å². The monoisotopic (exact) mass is 404 g/mol. The molecule has 0 radical (unpaired) electrons. The van der Waals surface area contributed by atoms with Crippen LogP contribution in [-0.4, -0.2) is 0 Å². The van der Waals surface area contributed by atoms with E-state index in [1.165, 1.54) is 61.8 Å². The Morgan fingerprint density at radius 3 is 2.24 bits per heavy atom. The van der Waals surface area contributed by atoms with E-state index >= 15 is 0 Å². The zero-order valence-corrected chi connectivity index (χ0v) is 17.8. The Labute approximate surface area is 177 Å². The first-order chi connectivity index (χ1) is 14.3. The van der Waals surface area contributed by atoms with Gasteiger partial charge in [-0.25, -0.2) is 4.39 Å². The topological polar surface area (TPSA) is 0 Å². The van der Waals surface area contributed by atoms with Crippen LogP contribution in [0, 0.1) is 11.7 Å². The van der Waals surface area contributed by atoms with Gasteiger partial charge in [-0.2, -0.15) is 0 Å². The van der Waals surface area contributed by atoms with Crippen LogP contribution in [0.5, 0.6) is 0 Å². The van der Waals surface area contributed by atoms with Crippen molar-refractivity contribution in [2.24, 2.45) is 5.92 Å². The van der Waals surface area contributed by atoms with Crippen molar-refractivity contribution in [2.75, 3.05) is 0 Å². The fourth-order valence-electron chi connectivity index (χ4n) is 4.89. The molecule has 1 heterocycles. The summed E-state index contributed by atoms with van der Waals surface area (Å²) in [6, 6.07) is 18.8. The summed E-state index contributed by atoms with van der Waals surface area (Å²) in [6.45, 7) is 0. The smallest absolute Gasteiger partial charge is 0.132 e. The Morgan fingerprint density at radius 2 is 1.55 bits per heavy atom. The Bertz CT molecular complexity index is 958. The van der Waals surface area contributed by atoms with E-state index < -0.39 is 0 Å². The molecule has 0 N–H and O–H groups in total. The van der Waals surface area contributed by atoms with Gasteiger partial charge in [0.05, 0.1) is 0 Å². The van der Waals surface area contributed by atoms with E-state index in [9.17, 15) is 4.39 Å². The minimum atomic E-state index is -0.116. The van der Waals surface area contributed by atoms with E-state index in [2.05, 4.69) is 42.5 Å². The van der Waals surface area contributed by atoms with Crippen LogP contribution < -0.4 is 0 Å². The zero-order valence-electron chi connectivity index (χ0n) is 17.0. The van der Waals surface area contributed by atoms with E-state index in [1.807, 2.05) is 6.07 Å². The molecule has 2 fully saturated rings. The first kappa shape index (κ1) is 19.1. The van der Waals surface area contributed by atoms with Crippen molar-refractivity contribution in [3.63, 3.8) is 0 Å². The standard InChI is InChI=1S/C27H29FS/c28-26-18-23(22-11-9-21(10-12-22)20-6-3-7-20)13-16-25(26)27-17-15-24(29-27)14-8-19-4-1-2-5-19/h9-13,15-20H,1-8,14H2. The quantitative estimate of drug-likeness (QED) is 0.386. The van der Waals surface area contributed by atoms with Crippen LogP contribution in [0.25, 0.3) is 21.6 Å². The second kappa shape index (κ2) is 8.44. The SMILES string of the molecule is Fc1cc(-c2ccc(C3CCC3)cc2)ccc1-c1ccc(CCC2CCCC2)s1. The summed E-state index contributed by atoms with van der Waals surface area (Å²) in [7, 11) is 0. The third-order valence-corrected chi connectivity index (χ3v) is 8.17. The van der Waals surface area contributed by atoms with Crippen LogP contribution in [0.4, 0.5) is 4.39 Å². The summed E-state index contributed by atoms with van der Waals surface area (Å²) in [5.41, 5.74) is 4.23. The van der Waals surface area contributed by atoms with E-state index in [4.69, 9.17) is 0 Å². The third kappa shape index (κ3) is 4.19. The van der Waals surface area contributed by atoms with E-state index in [0.29, 0.717) is 0 Å². The minimum Gasteiger partial charge on any atom is -0.206 e. The highest BCUT2D eigenvalue weighted by atomic mass is 32.1. The molecule has 2 saturated carbocycles. The zero-order chi connectivity index (χ0) is 19.6. The highest BCUT2D eigenvalue weighted by molar-refractivity contribution is 7.15. The molecule has 0 unspecified atom stereocenters. The normalized spacial score (nSPS) is 17.6. The van der Waals surface area contributed by atoms with Crippen LogP contribution in [-0.2, 0) is 6.42 Å². The molecule has 0 amide bonds. The lowest BCUT2D eigenvalue weighted by molar-refractivity contribution is 0.420. The van der Waals surface area contributed by atoms with Crippen LogP contribution in [0.3, 0.4) is 0 Å². The van der Waals surface area contributed by atoms with Crippen molar-refractivity contribution in [2.45, 2.75) is 63.7 Å². The van der Waals surface area contributed by atoms with Crippen molar-refractivity contribution >= 4 is 11.3 Å². The van der Waals surface area contributed by atoms with Gasteiger partial charge in [0.1, 0.15) is 5.82 Å². The van der Waals surface area contributed by atoms with Gasteiger partial charge >= 0.3 is 0 Å². The molecule has 150 valence electrons. The molecule has 0 nitrogen and oxygen atoms in total. The second-order valence-electron chi connectivity index (χ2n) is 8.90. The lowest BCUT2D eigenvalue weighted by atomic mass is 9.80. The molecule has 2 heteroatoms. The maximum atomic E-state index is 14.9. The molecule has 2 aromatic carbocycles. The molecule has 1 aromatic heterocycles. The highest BCUT2D eigenvalue weighted by Crippen LogP contribution is 2.38. The maximum Gasteiger partial charge on any atom is 0.132 e. The molecule has 29 heavy (non-hydrogen) atoms. The number of thiophene rings is 1. The van der Waals surface area contributed by atoms with Gasteiger partial charge in [0.15, 0.2) is 0 Å². The fraction of sp³-hybridized carbons (Fsp3) is 0.407. The average molecular weight is 405 g/mol. The Balaban J connectivity index is 1.29. The fourth-order valence-corrected chi connectivity index (χ4v) is 5.94. The Hall–Kier alpha value is -1.93. The minimum absolute atomic E-state index is 0.116. The van der Waals surface area contributed by atoms with Gasteiger partial charge in [0.2, 0.25) is 0 Å². The Kier molecular flexibility index (Phi) is 5.54. The molecule has 0 saturated heterocycles. The molecule has 0 bridgehead atoms. The van der Waals surface area contributed by atoms with Gasteiger partial charge in [-0.15, -0.1) is 11.3 Å². The number of rotatable bonds is 6. The van der Waals surface area contributed by atoms with Gasteiger partial charge in [-0.1, -0.05) is 62.4 Å². The van der Waals surface area contributed by atoms with Crippen molar-refractivity contribution in [3.05, 3.63) is 70.9 Å². The molecular weight excluding hydrogens is 375 g/mol. The molecule has 2 aliphatic carbocycles. The van der Waals surface area contributed by atoms with Gasteiger partial charge in [-0.05, 0) is 78.5 Å². The largest absolute Gasteiger partial charge is 0.206 e. The molecule has 5 rings (SSSR count). The third-order valence-electron chi connectivity index (χ3n) is 6.99. The van der Waals surface area contributed by atoms with Gasteiger partial charge in [0.25, 0.3) is 0 Å². The number of hydrogen-bond acceptors (Lipinski definition) is 1. The summed E-state index contributed by atoms with van der Waals surface area (Å²) in [5.74, 6) is 1.53. The maximum absolute atomic E-state index is 14.9. The van der Waals surface area contributed by atoms with Crippen molar-refractivity contribution < 1.29 is 4.39 Å². The average Bonchev–Trinajstić information content (AvgIpc) is 3.37. The van der Waals surface area contributed by atoms with Crippen molar-refractivity contribution in [1.29, 1.82) is 0 Å². The number of aryl methyl sites for hydroxylation is 1. The summed E-state index contributed by atoms with van der Waals surface area (Å²) in [4.78, 5) is 2.44. The number of hydrogen-bond donors (Lipinski definition) is 0. The van der Waals surface area contributed by atoms with Crippen LogP contribution >= 0.6 is 11.3 Å². The summed E-state index contributed by atoms with van der Waals surface area (Å²) < 4.78 is 14.9. The van der Waals surface area contributed by atoms with Crippen molar-refractivity contribution in [1.82, 2.24) is 0 Å². The van der Waals surface area contributed by atoms with E-state index in [-0.39, 0.29) is 5.82 Å². The van der Waals surface area contributed by atoms with Gasteiger partial charge in [-0.3, -0.25) is 0 Å². The molecule has 0 aliphatic heterocycles. The van der Waals surface area contributed by atoms with Crippen LogP contribution in [0.1, 0.15) is 67.7 Å². The number of halogens is 1. The lowest BCUT2D eigenvalue weighted by Gasteiger charge is -2.25. The Morgan fingerprint density at radius 1 is 0.793 bits per heavy atom. The van der Waals surface area contributed by atoms with E-state index in [0.717, 1.165) is 39.8 Å². The van der Waals surface area contributed by atoms with Gasteiger partial charge in [0, 0.05) is 15.3 Å². The summed E-state index contributed by atoms with van der Waals surface area (Å²) >= 11 is 1.76. The van der Waals surface area contributed by atoms with Crippen molar-refractivity contribution in [3.8, 4) is 21.6 Å². The second-order valence-corrected chi connectivity index (χ2v) is 10.1. The molecule has 0 spiro atoms. The molecule has 3 aromatic rings. The van der Waals surface area contributed by atoms with Crippen LogP contribution in [0.2, 0.25) is 0 Å². The predicted octanol–water partition coefficient (Wildman–Crippen LogP) is 8.61. The number of benzene rings is 2. The molecular formula is C27H29FS. The van der Waals surface area contributed by atoms with E-state index in [1.54, 1.807) is 17.4 Å². The first-order valence-corrected chi connectivity index (χ1v) is 12.1. The first-order valence-electron chi connectivity index (χ1n) is 11.3. The molecule has 2 aliphatic rings. The lowest BCUT2D eigenvalue weighted by Crippen LogP contribution is -2.08. The molecule has 0 atom stereocenters. The van der Waals surface area contributed by atoms with Gasteiger partial charge < -0.3 is 0 Å². The summed E-state index contributed by atoms with van der Waals surface area (Å²) in [5, 5.41) is 0. The highest BCUT2D eigenvalue weighted by Gasteiger charge is 2.19. The predicted molar refractivity (Wildman–Crippen MR) is 122 cm³/mol.